The topological polar surface area (TPSA) is 57.7 Å². The Bertz CT molecular complexity index is 688. The fourth-order valence-electron chi connectivity index (χ4n) is 1.73. The summed E-state index contributed by atoms with van der Waals surface area (Å²) in [6.07, 6.45) is 2.90. The number of carbonyl (C=O) groups is 1. The number of nitrogens with zero attached hydrogens (tertiary/aromatic N) is 1. The van der Waals surface area contributed by atoms with Crippen LogP contribution in [-0.4, -0.2) is 24.7 Å². The summed E-state index contributed by atoms with van der Waals surface area (Å²) in [6.45, 7) is 0.554. The molecule has 2 rings (SSSR count). The van der Waals surface area contributed by atoms with Crippen molar-refractivity contribution in [1.82, 2.24) is 4.98 Å². The minimum atomic E-state index is -0.476. The standard InChI is InChI=1S/C17H16ClNO4/c1-21-11-5-10-17(20)23-14-7-3-2-6-13(14)12-22-16-9-4-8-15(18)19-16/h2-10H,11-12H2,1H3. The number of hydrogen-bond acceptors (Lipinski definition) is 5. The highest BCUT2D eigenvalue weighted by Gasteiger charge is 2.08. The van der Waals surface area contributed by atoms with E-state index >= 15 is 0 Å². The van der Waals surface area contributed by atoms with Crippen LogP contribution in [0.1, 0.15) is 5.56 Å². The maximum absolute atomic E-state index is 11.7. The van der Waals surface area contributed by atoms with Crippen LogP contribution in [0.5, 0.6) is 11.6 Å². The Morgan fingerprint density at radius 3 is 2.83 bits per heavy atom. The number of pyridine rings is 1. The smallest absolute Gasteiger partial charge is 0.335 e. The van der Waals surface area contributed by atoms with Crippen molar-refractivity contribution in [2.75, 3.05) is 13.7 Å². The number of carbonyl (C=O) groups excluding carboxylic acids is 1. The number of hydrogen-bond donors (Lipinski definition) is 0. The molecule has 0 saturated heterocycles. The molecule has 0 aliphatic carbocycles. The van der Waals surface area contributed by atoms with Crippen molar-refractivity contribution in [2.45, 2.75) is 6.61 Å². The molecule has 0 aliphatic heterocycles. The van der Waals surface area contributed by atoms with E-state index in [1.165, 1.54) is 6.08 Å². The van der Waals surface area contributed by atoms with Gasteiger partial charge in [-0.2, -0.15) is 0 Å². The molecule has 1 aromatic carbocycles. The van der Waals surface area contributed by atoms with Gasteiger partial charge in [0.25, 0.3) is 0 Å². The number of rotatable bonds is 7. The molecule has 0 atom stereocenters. The normalized spacial score (nSPS) is 10.7. The molecule has 0 bridgehead atoms. The third-order valence-electron chi connectivity index (χ3n) is 2.77. The largest absolute Gasteiger partial charge is 0.473 e. The van der Waals surface area contributed by atoms with E-state index in [0.717, 1.165) is 5.56 Å². The van der Waals surface area contributed by atoms with Gasteiger partial charge in [-0.1, -0.05) is 41.9 Å². The zero-order valence-corrected chi connectivity index (χ0v) is 13.3. The fourth-order valence-corrected chi connectivity index (χ4v) is 1.88. The number of ether oxygens (including phenoxy) is 3. The maximum Gasteiger partial charge on any atom is 0.335 e. The highest BCUT2D eigenvalue weighted by atomic mass is 35.5. The summed E-state index contributed by atoms with van der Waals surface area (Å²) in [6, 6.07) is 12.2. The lowest BCUT2D eigenvalue weighted by atomic mass is 10.2. The number of halogens is 1. The van der Waals surface area contributed by atoms with Crippen LogP contribution in [0.3, 0.4) is 0 Å². The third-order valence-corrected chi connectivity index (χ3v) is 2.98. The van der Waals surface area contributed by atoms with Crippen molar-refractivity contribution >= 4 is 17.6 Å². The van der Waals surface area contributed by atoms with E-state index in [0.29, 0.717) is 23.4 Å². The number of methoxy groups -OCH3 is 1. The van der Waals surface area contributed by atoms with Crippen LogP contribution in [-0.2, 0) is 16.1 Å². The molecule has 120 valence electrons. The predicted molar refractivity (Wildman–Crippen MR) is 86.7 cm³/mol. The lowest BCUT2D eigenvalue weighted by Gasteiger charge is -2.10. The van der Waals surface area contributed by atoms with Crippen LogP contribution in [0.2, 0.25) is 5.15 Å². The van der Waals surface area contributed by atoms with Crippen LogP contribution >= 0.6 is 11.6 Å². The molecule has 23 heavy (non-hydrogen) atoms. The third kappa shape index (κ3) is 5.73. The Morgan fingerprint density at radius 1 is 1.22 bits per heavy atom. The molecular formula is C17H16ClNO4. The first-order valence-corrected chi connectivity index (χ1v) is 7.27. The van der Waals surface area contributed by atoms with Gasteiger partial charge in [0.1, 0.15) is 17.5 Å². The molecule has 0 saturated carbocycles. The first-order chi connectivity index (χ1) is 11.2. The number of esters is 1. The molecule has 0 fully saturated rings. The average molecular weight is 334 g/mol. The lowest BCUT2D eigenvalue weighted by molar-refractivity contribution is -0.129. The molecule has 2 aromatic rings. The minimum absolute atomic E-state index is 0.207. The van der Waals surface area contributed by atoms with Crippen molar-refractivity contribution in [3.05, 3.63) is 65.3 Å². The molecule has 0 aliphatic rings. The highest BCUT2D eigenvalue weighted by molar-refractivity contribution is 6.29. The van der Waals surface area contributed by atoms with Crippen LogP contribution in [0.4, 0.5) is 0 Å². The van der Waals surface area contributed by atoms with Crippen molar-refractivity contribution < 1.29 is 19.0 Å². The summed E-state index contributed by atoms with van der Waals surface area (Å²) in [7, 11) is 1.55. The fraction of sp³-hybridized carbons (Fsp3) is 0.176. The summed E-state index contributed by atoms with van der Waals surface area (Å²) >= 11 is 5.81. The Labute approximate surface area is 139 Å². The summed E-state index contributed by atoms with van der Waals surface area (Å²) in [5, 5.41) is 0.352. The Kier molecular flexibility index (Phi) is 6.59. The number of benzene rings is 1. The number of para-hydroxylation sites is 1. The molecule has 0 N–H and O–H groups in total. The van der Waals surface area contributed by atoms with Gasteiger partial charge in [0, 0.05) is 24.8 Å². The zero-order chi connectivity index (χ0) is 16.5. The van der Waals surface area contributed by atoms with Crippen molar-refractivity contribution in [2.24, 2.45) is 0 Å². The van der Waals surface area contributed by atoms with Crippen LogP contribution < -0.4 is 9.47 Å². The van der Waals surface area contributed by atoms with Crippen LogP contribution in [0.15, 0.2) is 54.6 Å². The Balaban J connectivity index is 2.01. The SMILES string of the molecule is COCC=CC(=O)Oc1ccccc1COc1cccc(Cl)n1. The van der Waals surface area contributed by atoms with E-state index < -0.39 is 5.97 Å². The summed E-state index contributed by atoms with van der Waals surface area (Å²) in [5.41, 5.74) is 0.725. The molecular weight excluding hydrogens is 318 g/mol. The average Bonchev–Trinajstić information content (AvgIpc) is 2.54. The molecule has 1 aromatic heterocycles. The van der Waals surface area contributed by atoms with Gasteiger partial charge >= 0.3 is 5.97 Å². The molecule has 0 radical (unpaired) electrons. The zero-order valence-electron chi connectivity index (χ0n) is 12.6. The summed E-state index contributed by atoms with van der Waals surface area (Å²) < 4.78 is 15.7. The van der Waals surface area contributed by atoms with Gasteiger partial charge in [0.15, 0.2) is 0 Å². The van der Waals surface area contributed by atoms with Gasteiger partial charge < -0.3 is 14.2 Å². The monoisotopic (exact) mass is 333 g/mol. The second-order valence-corrected chi connectivity index (χ2v) is 4.86. The molecule has 0 unspecified atom stereocenters. The van der Waals surface area contributed by atoms with E-state index in [-0.39, 0.29) is 6.61 Å². The van der Waals surface area contributed by atoms with Crippen LogP contribution in [0.25, 0.3) is 0 Å². The van der Waals surface area contributed by atoms with Gasteiger partial charge in [-0.15, -0.1) is 0 Å². The van der Waals surface area contributed by atoms with Crippen molar-refractivity contribution in [3.8, 4) is 11.6 Å². The molecule has 0 amide bonds. The highest BCUT2D eigenvalue weighted by Crippen LogP contribution is 2.21. The second-order valence-electron chi connectivity index (χ2n) is 4.47. The van der Waals surface area contributed by atoms with Gasteiger partial charge in [-0.05, 0) is 12.1 Å². The Hall–Kier alpha value is -2.37. The van der Waals surface area contributed by atoms with Crippen molar-refractivity contribution in [3.63, 3.8) is 0 Å². The maximum atomic E-state index is 11.7. The molecule has 0 spiro atoms. The van der Waals surface area contributed by atoms with Gasteiger partial charge in [-0.25, -0.2) is 9.78 Å². The lowest BCUT2D eigenvalue weighted by Crippen LogP contribution is -2.07. The van der Waals surface area contributed by atoms with Gasteiger partial charge in [0.2, 0.25) is 5.88 Å². The predicted octanol–water partition coefficient (Wildman–Crippen LogP) is 3.42. The number of aromatic nitrogens is 1. The van der Waals surface area contributed by atoms with E-state index in [9.17, 15) is 4.79 Å². The van der Waals surface area contributed by atoms with Crippen LogP contribution in [0, 0.1) is 0 Å². The van der Waals surface area contributed by atoms with Gasteiger partial charge in [0.05, 0.1) is 6.61 Å². The van der Waals surface area contributed by atoms with Gasteiger partial charge in [-0.3, -0.25) is 0 Å². The summed E-state index contributed by atoms with van der Waals surface area (Å²) in [5.74, 6) is 0.357. The summed E-state index contributed by atoms with van der Waals surface area (Å²) in [4.78, 5) is 15.8. The van der Waals surface area contributed by atoms with E-state index in [2.05, 4.69) is 4.98 Å². The molecule has 5 nitrogen and oxygen atoms in total. The Morgan fingerprint density at radius 2 is 2.04 bits per heavy atom. The first-order valence-electron chi connectivity index (χ1n) is 6.89. The molecule has 6 heteroatoms. The van der Waals surface area contributed by atoms with E-state index in [1.54, 1.807) is 43.5 Å². The van der Waals surface area contributed by atoms with Crippen molar-refractivity contribution in [1.29, 1.82) is 0 Å². The molecule has 1 heterocycles. The quantitative estimate of drug-likeness (QED) is 0.336. The first kappa shape index (κ1) is 17.0. The van der Waals surface area contributed by atoms with E-state index in [1.807, 2.05) is 12.1 Å². The minimum Gasteiger partial charge on any atom is -0.473 e. The van der Waals surface area contributed by atoms with E-state index in [4.69, 9.17) is 25.8 Å². The second kappa shape index (κ2) is 8.92.